The third-order valence-corrected chi connectivity index (χ3v) is 7.17. The number of benzene rings is 3. The Morgan fingerprint density at radius 3 is 2.26 bits per heavy atom. The number of carbonyl (C=O) groups is 1. The first-order chi connectivity index (χ1) is 15.9. The molecule has 5 nitrogen and oxygen atoms in total. The normalized spacial score (nSPS) is 11.8. The molecule has 0 spiro atoms. The van der Waals surface area contributed by atoms with E-state index in [0.29, 0.717) is 16.1 Å². The maximum Gasteiger partial charge on any atom is 0.417 e. The zero-order valence-corrected chi connectivity index (χ0v) is 20.2. The molecule has 1 amide bonds. The SMILES string of the molecule is CS(=O)(=O)N(CC(=O)Nc1ccc(CSc2ccccc2)cc1)c1ccc(Cl)c(C(F)(F)F)c1. The number of anilines is 2. The minimum absolute atomic E-state index is 0.317. The number of carbonyl (C=O) groups excluding carboxylic acids is 1. The molecule has 0 aliphatic carbocycles. The van der Waals surface area contributed by atoms with Crippen molar-refractivity contribution in [1.29, 1.82) is 0 Å². The van der Waals surface area contributed by atoms with Gasteiger partial charge in [0.15, 0.2) is 0 Å². The van der Waals surface area contributed by atoms with Crippen LogP contribution in [0.5, 0.6) is 0 Å². The van der Waals surface area contributed by atoms with E-state index in [2.05, 4.69) is 5.32 Å². The lowest BCUT2D eigenvalue weighted by Crippen LogP contribution is -2.37. The Balaban J connectivity index is 1.69. The Hall–Kier alpha value is -2.69. The van der Waals surface area contributed by atoms with Crippen molar-refractivity contribution >= 4 is 50.7 Å². The van der Waals surface area contributed by atoms with Gasteiger partial charge < -0.3 is 5.32 Å². The van der Waals surface area contributed by atoms with Crippen LogP contribution in [-0.4, -0.2) is 27.1 Å². The molecule has 0 saturated heterocycles. The third kappa shape index (κ3) is 7.15. The van der Waals surface area contributed by atoms with Gasteiger partial charge in [-0.2, -0.15) is 13.2 Å². The Kier molecular flexibility index (Phi) is 8.17. The number of thioether (sulfide) groups is 1. The van der Waals surface area contributed by atoms with E-state index in [1.165, 1.54) is 0 Å². The van der Waals surface area contributed by atoms with Crippen molar-refractivity contribution < 1.29 is 26.4 Å². The van der Waals surface area contributed by atoms with Crippen LogP contribution in [0.1, 0.15) is 11.1 Å². The minimum Gasteiger partial charge on any atom is -0.325 e. The minimum atomic E-state index is -4.78. The number of rotatable bonds is 8. The van der Waals surface area contributed by atoms with Crippen LogP contribution in [-0.2, 0) is 26.7 Å². The van der Waals surface area contributed by atoms with Crippen LogP contribution >= 0.6 is 23.4 Å². The van der Waals surface area contributed by atoms with Gasteiger partial charge in [-0.15, -0.1) is 11.8 Å². The zero-order chi connectivity index (χ0) is 24.9. The first-order valence-electron chi connectivity index (χ1n) is 9.84. The van der Waals surface area contributed by atoms with Gasteiger partial charge in [0.1, 0.15) is 6.54 Å². The monoisotopic (exact) mass is 528 g/mol. The van der Waals surface area contributed by atoms with Gasteiger partial charge in [-0.25, -0.2) is 8.42 Å². The van der Waals surface area contributed by atoms with Crippen LogP contribution in [0.2, 0.25) is 5.02 Å². The number of alkyl halides is 3. The van der Waals surface area contributed by atoms with Crippen LogP contribution in [0.25, 0.3) is 0 Å². The first-order valence-corrected chi connectivity index (χ1v) is 13.1. The summed E-state index contributed by atoms with van der Waals surface area (Å²) in [5.74, 6) is 0.0124. The molecule has 0 fully saturated rings. The summed E-state index contributed by atoms with van der Waals surface area (Å²) in [4.78, 5) is 13.6. The lowest BCUT2D eigenvalue weighted by atomic mass is 10.2. The summed E-state index contributed by atoms with van der Waals surface area (Å²) in [6, 6.07) is 19.5. The molecule has 0 radical (unpaired) electrons. The highest BCUT2D eigenvalue weighted by Crippen LogP contribution is 2.37. The fourth-order valence-corrected chi connectivity index (χ4v) is 4.93. The van der Waals surface area contributed by atoms with Crippen molar-refractivity contribution in [2.75, 3.05) is 22.4 Å². The van der Waals surface area contributed by atoms with Crippen molar-refractivity contribution in [3.8, 4) is 0 Å². The van der Waals surface area contributed by atoms with Gasteiger partial charge in [-0.1, -0.05) is 41.9 Å². The van der Waals surface area contributed by atoms with Crippen LogP contribution in [0, 0.1) is 0 Å². The van der Waals surface area contributed by atoms with E-state index < -0.39 is 39.2 Å². The van der Waals surface area contributed by atoms with E-state index in [1.54, 1.807) is 23.9 Å². The van der Waals surface area contributed by atoms with E-state index in [9.17, 15) is 26.4 Å². The average molecular weight is 529 g/mol. The Morgan fingerprint density at radius 1 is 1.03 bits per heavy atom. The molecule has 0 aliphatic heterocycles. The van der Waals surface area contributed by atoms with Gasteiger partial charge in [0, 0.05) is 16.3 Å². The predicted octanol–water partition coefficient (Wildman–Crippen LogP) is 6.06. The highest BCUT2D eigenvalue weighted by atomic mass is 35.5. The summed E-state index contributed by atoms with van der Waals surface area (Å²) >= 11 is 7.27. The van der Waals surface area contributed by atoms with Gasteiger partial charge in [-0.05, 0) is 48.0 Å². The second-order valence-corrected chi connectivity index (χ2v) is 10.6. The molecule has 0 aliphatic rings. The number of nitrogens with one attached hydrogen (secondary N) is 1. The molecular formula is C23H20ClF3N2O3S2. The summed E-state index contributed by atoms with van der Waals surface area (Å²) in [5, 5.41) is 2.00. The Bertz CT molecular complexity index is 1250. The second kappa shape index (κ2) is 10.7. The van der Waals surface area contributed by atoms with Crippen LogP contribution in [0.3, 0.4) is 0 Å². The Morgan fingerprint density at radius 2 is 1.68 bits per heavy atom. The third-order valence-electron chi connectivity index (χ3n) is 4.62. The standard InChI is InChI=1S/C23H20ClF3N2O3S2/c1-34(31,32)29(18-11-12-21(24)20(13-18)23(25,26)27)14-22(30)28-17-9-7-16(8-10-17)15-33-19-5-3-2-4-6-19/h2-13H,14-15H2,1H3,(H,28,30). The largest absolute Gasteiger partial charge is 0.417 e. The molecule has 3 aromatic carbocycles. The maximum absolute atomic E-state index is 13.2. The number of amides is 1. The summed E-state index contributed by atoms with van der Waals surface area (Å²) in [6.07, 6.45) is -3.97. The van der Waals surface area contributed by atoms with E-state index >= 15 is 0 Å². The van der Waals surface area contributed by atoms with Gasteiger partial charge in [0.25, 0.3) is 0 Å². The maximum atomic E-state index is 13.2. The lowest BCUT2D eigenvalue weighted by molar-refractivity contribution is -0.137. The van der Waals surface area contributed by atoms with Crippen molar-refractivity contribution in [1.82, 2.24) is 0 Å². The predicted molar refractivity (Wildman–Crippen MR) is 130 cm³/mol. The van der Waals surface area contributed by atoms with Gasteiger partial charge >= 0.3 is 6.18 Å². The van der Waals surface area contributed by atoms with Gasteiger partial charge in [0.05, 0.1) is 22.5 Å². The summed E-state index contributed by atoms with van der Waals surface area (Å²) in [6.45, 7) is -0.705. The molecule has 1 N–H and O–H groups in total. The molecule has 0 unspecified atom stereocenters. The van der Waals surface area contributed by atoms with Crippen molar-refractivity contribution in [3.63, 3.8) is 0 Å². The fraction of sp³-hybridized carbons (Fsp3) is 0.174. The number of hydrogen-bond donors (Lipinski definition) is 1. The highest BCUT2D eigenvalue weighted by molar-refractivity contribution is 7.98. The van der Waals surface area contributed by atoms with E-state index in [4.69, 9.17) is 11.6 Å². The van der Waals surface area contributed by atoms with Crippen LogP contribution in [0.4, 0.5) is 24.5 Å². The summed E-state index contributed by atoms with van der Waals surface area (Å²) < 4.78 is 64.6. The van der Waals surface area contributed by atoms with Gasteiger partial charge in [-0.3, -0.25) is 9.10 Å². The first kappa shape index (κ1) is 25.9. The van der Waals surface area contributed by atoms with E-state index in [1.807, 2.05) is 42.5 Å². The Labute approximate surface area is 205 Å². The van der Waals surface area contributed by atoms with Crippen LogP contribution < -0.4 is 9.62 Å². The number of halogens is 4. The van der Waals surface area contributed by atoms with E-state index in [0.717, 1.165) is 34.6 Å². The molecule has 0 heterocycles. The average Bonchev–Trinajstić information content (AvgIpc) is 2.77. The van der Waals surface area contributed by atoms with Crippen molar-refractivity contribution in [2.45, 2.75) is 16.8 Å². The molecule has 11 heteroatoms. The second-order valence-electron chi connectivity index (χ2n) is 7.28. The van der Waals surface area contributed by atoms with Crippen LogP contribution in [0.15, 0.2) is 77.7 Å². The zero-order valence-electron chi connectivity index (χ0n) is 17.8. The molecule has 3 rings (SSSR count). The molecule has 0 aromatic heterocycles. The number of nitrogens with zero attached hydrogens (tertiary/aromatic N) is 1. The molecule has 0 atom stereocenters. The van der Waals surface area contributed by atoms with Gasteiger partial charge in [0.2, 0.25) is 15.9 Å². The lowest BCUT2D eigenvalue weighted by Gasteiger charge is -2.23. The van der Waals surface area contributed by atoms with E-state index in [-0.39, 0.29) is 5.69 Å². The molecular weight excluding hydrogens is 509 g/mol. The summed E-state index contributed by atoms with van der Waals surface area (Å²) in [5.41, 5.74) is -0.0585. The molecule has 0 saturated carbocycles. The fourth-order valence-electron chi connectivity index (χ4n) is 2.98. The van der Waals surface area contributed by atoms with Crippen molar-refractivity contribution in [2.24, 2.45) is 0 Å². The number of sulfonamides is 1. The molecule has 34 heavy (non-hydrogen) atoms. The summed E-state index contributed by atoms with van der Waals surface area (Å²) in [7, 11) is -4.06. The quantitative estimate of drug-likeness (QED) is 0.361. The van der Waals surface area contributed by atoms with Crippen molar-refractivity contribution in [3.05, 3.63) is 88.9 Å². The molecule has 0 bridgehead atoms. The smallest absolute Gasteiger partial charge is 0.325 e. The highest BCUT2D eigenvalue weighted by Gasteiger charge is 2.34. The number of hydrogen-bond acceptors (Lipinski definition) is 4. The topological polar surface area (TPSA) is 66.5 Å². The molecule has 3 aromatic rings. The molecule has 180 valence electrons.